The zero-order chi connectivity index (χ0) is 27.6. The van der Waals surface area contributed by atoms with Gasteiger partial charge in [0.15, 0.2) is 0 Å². The number of hydrogen-bond donors (Lipinski definition) is 3. The van der Waals surface area contributed by atoms with Gasteiger partial charge in [-0.2, -0.15) is 0 Å². The van der Waals surface area contributed by atoms with Crippen LogP contribution >= 0.6 is 50.7 Å². The maximum absolute atomic E-state index is 13.3. The quantitative estimate of drug-likeness (QED) is 0.102. The van der Waals surface area contributed by atoms with Crippen molar-refractivity contribution in [2.45, 2.75) is 14.9 Å². The van der Waals surface area contributed by atoms with Crippen molar-refractivity contribution in [3.05, 3.63) is 28.0 Å². The molecule has 1 aromatic rings. The molecule has 12 nitrogen and oxygen atoms in total. The van der Waals surface area contributed by atoms with E-state index in [1.54, 1.807) is 14.3 Å². The summed E-state index contributed by atoms with van der Waals surface area (Å²) in [6.45, 7) is 3.41. The molecule has 1 atom stereocenters. The average Bonchev–Trinajstić information content (AvgIpc) is 3.28. The topological polar surface area (TPSA) is 157 Å². The number of fused-ring (bicyclic) bond motifs is 1. The first kappa shape index (κ1) is 29.8. The summed E-state index contributed by atoms with van der Waals surface area (Å²) in [5, 5.41) is 24.2. The van der Waals surface area contributed by atoms with Crippen molar-refractivity contribution < 1.29 is 42.1 Å². The van der Waals surface area contributed by atoms with Gasteiger partial charge in [0.2, 0.25) is 0 Å². The number of nitrogens with zero attached hydrogens (tertiary/aromatic N) is 6. The molecular weight excluding hydrogens is 778 g/mol. The van der Waals surface area contributed by atoms with Crippen molar-refractivity contribution in [2.24, 2.45) is 10.2 Å². The van der Waals surface area contributed by atoms with Gasteiger partial charge in [0.05, 0.1) is 0 Å². The third-order valence-corrected chi connectivity index (χ3v) is 22.3. The summed E-state index contributed by atoms with van der Waals surface area (Å²) < 4.78 is 0.562. The number of carboxylic acid groups (broad SMARTS) is 1. The number of alkyl halides is 2. The number of amides is 1. The summed E-state index contributed by atoms with van der Waals surface area (Å²) in [5.74, 6) is 2.21. The molecule has 0 aromatic carbocycles. The van der Waals surface area contributed by atoms with Crippen molar-refractivity contribution in [2.75, 3.05) is 51.0 Å². The number of nitrogens with two attached hydrogens (primary N) is 1. The van der Waals surface area contributed by atoms with Crippen LogP contribution in [0.25, 0.3) is 0 Å². The van der Waals surface area contributed by atoms with E-state index in [-0.39, 0.29) is 30.4 Å². The number of carboxylic acids is 1. The van der Waals surface area contributed by atoms with E-state index in [2.05, 4.69) is 53.9 Å². The third kappa shape index (κ3) is 6.39. The molecule has 1 radical (unpaired) electrons. The first-order valence-corrected chi connectivity index (χ1v) is 19.7. The number of aromatic nitrogens is 1. The minimum atomic E-state index is -2.34. The number of carbonyl (C=O) groups excluding carboxylic acids is 2. The number of allylic oxidation sites excluding steroid dienone is 1. The number of hydrogen-bond acceptors (Lipinski definition) is 13. The number of halogens is 2. The number of Topliss-reactive ketones (excluding diaryl/α,β-unsaturated/α-hetero) is 1. The molecule has 0 bridgehead atoms. The maximum atomic E-state index is 13.3. The van der Waals surface area contributed by atoms with E-state index in [1.165, 1.54) is 26.2 Å². The van der Waals surface area contributed by atoms with Gasteiger partial charge in [-0.3, -0.25) is 0 Å². The Labute approximate surface area is 251 Å². The predicted molar refractivity (Wildman–Crippen MR) is 156 cm³/mol. The fourth-order valence-corrected chi connectivity index (χ4v) is 19.5. The normalized spacial score (nSPS) is 21.9. The number of nitrogens with one attached hydrogen (secondary N) is 1. The van der Waals surface area contributed by atoms with Crippen LogP contribution in [0.15, 0.2) is 32.6 Å². The molecule has 1 fully saturated rings. The van der Waals surface area contributed by atoms with E-state index in [0.717, 1.165) is 12.2 Å². The van der Waals surface area contributed by atoms with Gasteiger partial charge in [-0.1, -0.05) is 0 Å². The second-order valence-electron chi connectivity index (χ2n) is 8.57. The molecule has 1 aromatic heterocycles. The van der Waals surface area contributed by atoms with Crippen molar-refractivity contribution in [1.29, 1.82) is 0 Å². The number of likely N-dealkylation sites (N-methyl/N-ethyl adjacent to an activating group) is 1. The summed E-state index contributed by atoms with van der Waals surface area (Å²) in [4.78, 5) is 46.2. The monoisotopic (exact) mass is 804 g/mol. The molecule has 207 valence electrons. The van der Waals surface area contributed by atoms with Crippen LogP contribution in [-0.4, -0.2) is 98.5 Å². The van der Waals surface area contributed by atoms with Crippen molar-refractivity contribution >= 4 is 84.6 Å². The van der Waals surface area contributed by atoms with E-state index in [1.807, 2.05) is 25.9 Å². The van der Waals surface area contributed by atoms with E-state index in [4.69, 9.17) is 5.73 Å². The van der Waals surface area contributed by atoms with Crippen LogP contribution in [0.3, 0.4) is 0 Å². The number of thiazole rings is 1. The Kier molecular flexibility index (Phi) is 9.81. The van der Waals surface area contributed by atoms with Gasteiger partial charge in [-0.25, -0.2) is 0 Å². The van der Waals surface area contributed by atoms with E-state index >= 15 is 0 Å². The minimum absolute atomic E-state index is 0.000681. The predicted octanol–water partition coefficient (Wildman–Crippen LogP) is -1.65. The number of carbonyl (C=O) groups is 3. The molecule has 4 heterocycles. The molecule has 0 aliphatic carbocycles. The second kappa shape index (κ2) is 12.5. The molecule has 17 heteroatoms. The molecule has 38 heavy (non-hydrogen) atoms. The zero-order valence-corrected chi connectivity index (χ0v) is 27.5. The number of rotatable bonds is 11. The average molecular weight is 804 g/mol. The van der Waals surface area contributed by atoms with Crippen LogP contribution in [-0.2, 0) is 20.8 Å². The standard InChI is InChI=1S/C21H26I2N8O4S3/c1-12-7-26-28-20(30(12)5-4-29(2)3)37-9-13-10-38-23-21(22,18(35)31(23)16(13)17(33)34)25-8-15(32)6-14-11-36-19(24)27-14/h11,25H,4-6,8-10H2,1-3H3,(H2,24,27)(H,33,34)/q-1/t21-/m0/s1. The van der Waals surface area contributed by atoms with Gasteiger partial charge in [0, 0.05) is 0 Å². The molecular formula is C21H26I2N8O4S3-. The van der Waals surface area contributed by atoms with Crippen LogP contribution in [0.2, 0.25) is 0 Å². The molecule has 0 saturated carbocycles. The molecule has 3 aliphatic heterocycles. The van der Waals surface area contributed by atoms with E-state index < -0.39 is 26.2 Å². The SMILES string of the molecule is CC1=C=NN=C(SCC2=C(C(=O)O)N3C(=O)[C@@]([I-])(NCC(=O)Cc4csc(N)n4)I3SC2)N1CCN(C)C. The van der Waals surface area contributed by atoms with Crippen molar-refractivity contribution in [3.8, 4) is 0 Å². The van der Waals surface area contributed by atoms with E-state index in [9.17, 15) is 19.5 Å². The number of nitrogen functional groups attached to an aromatic ring is 1. The summed E-state index contributed by atoms with van der Waals surface area (Å²) in [6.07, 6.45) is 0.127. The molecule has 4 rings (SSSR count). The molecule has 1 amide bonds. The van der Waals surface area contributed by atoms with Crippen LogP contribution in [0.1, 0.15) is 12.6 Å². The van der Waals surface area contributed by atoms with Crippen LogP contribution in [0.5, 0.6) is 0 Å². The van der Waals surface area contributed by atoms with Gasteiger partial charge in [-0.15, -0.1) is 0 Å². The van der Waals surface area contributed by atoms with Crippen LogP contribution < -0.4 is 33.6 Å². The number of aliphatic carboxylic acids is 1. The van der Waals surface area contributed by atoms with Gasteiger partial charge in [-0.05, 0) is 0 Å². The number of anilines is 1. The van der Waals surface area contributed by atoms with E-state index in [0.29, 0.717) is 39.6 Å². The first-order chi connectivity index (χ1) is 18.0. The Morgan fingerprint density at radius 2 is 2.21 bits per heavy atom. The van der Waals surface area contributed by atoms with Crippen molar-refractivity contribution in [1.82, 2.24) is 23.2 Å². The number of ketones is 1. The summed E-state index contributed by atoms with van der Waals surface area (Å²) >= 11 is 2.39. The van der Waals surface area contributed by atoms with Crippen molar-refractivity contribution in [3.63, 3.8) is 0 Å². The fraction of sp³-hybridized carbons (Fsp3) is 0.476. The van der Waals surface area contributed by atoms with Gasteiger partial charge < -0.3 is 0 Å². The third-order valence-electron chi connectivity index (χ3n) is 5.47. The summed E-state index contributed by atoms with van der Waals surface area (Å²) in [6, 6.07) is 0. The van der Waals surface area contributed by atoms with Crippen LogP contribution in [0, 0.1) is 0 Å². The second-order valence-corrected chi connectivity index (χ2v) is 22.3. The van der Waals surface area contributed by atoms with Gasteiger partial charge >= 0.3 is 254 Å². The number of thioether (sulfide) groups is 1. The van der Waals surface area contributed by atoms with Crippen LogP contribution in [0.4, 0.5) is 5.13 Å². The zero-order valence-electron chi connectivity index (χ0n) is 20.7. The summed E-state index contributed by atoms with van der Waals surface area (Å²) in [7, 11) is 5.61. The number of amidine groups is 1. The van der Waals surface area contributed by atoms with Gasteiger partial charge in [0.1, 0.15) is 0 Å². The Bertz CT molecular complexity index is 1280. The Balaban J connectivity index is 1.42. The Hall–Kier alpha value is -1.22. The molecule has 0 unspecified atom stereocenters. The molecule has 0 spiro atoms. The molecule has 3 aliphatic rings. The first-order valence-electron chi connectivity index (χ1n) is 11.2. The fourth-order valence-electron chi connectivity index (χ4n) is 3.55. The summed E-state index contributed by atoms with van der Waals surface area (Å²) in [5.41, 5.74) is 7.82. The Morgan fingerprint density at radius 3 is 2.87 bits per heavy atom. The molecule has 1 saturated heterocycles. The molecule has 4 N–H and O–H groups in total. The Morgan fingerprint density at radius 1 is 1.45 bits per heavy atom. The van der Waals surface area contributed by atoms with Gasteiger partial charge in [0.25, 0.3) is 0 Å².